The molecule has 0 aliphatic rings. The molecule has 0 fully saturated rings. The smallest absolute Gasteiger partial charge is 0.450 e. The van der Waals surface area contributed by atoms with Gasteiger partial charge in [-0.3, -0.25) is 0 Å². The fourth-order valence-corrected chi connectivity index (χ4v) is 2.22. The minimum Gasteiger partial charge on any atom is -0.450 e. The first-order valence-electron chi connectivity index (χ1n) is 7.56. The zero-order chi connectivity index (χ0) is 13.6. The standard InChI is InChI=1S/C15H30O3/c1-3-5-7-9-11-14(13-18-15(16)17)12-10-8-6-4-2/h14H,3-13H2,1-2H3,(H,16,17). The summed E-state index contributed by atoms with van der Waals surface area (Å²) in [5, 5.41) is 8.56. The van der Waals surface area contributed by atoms with Crippen molar-refractivity contribution in [2.24, 2.45) is 5.92 Å². The Labute approximate surface area is 112 Å². The van der Waals surface area contributed by atoms with Gasteiger partial charge in [-0.25, -0.2) is 4.79 Å². The van der Waals surface area contributed by atoms with Crippen molar-refractivity contribution in [1.82, 2.24) is 0 Å². The summed E-state index contributed by atoms with van der Waals surface area (Å²) >= 11 is 0. The lowest BCUT2D eigenvalue weighted by molar-refractivity contribution is 0.0730. The summed E-state index contributed by atoms with van der Waals surface area (Å²) in [4.78, 5) is 10.4. The number of unbranched alkanes of at least 4 members (excludes halogenated alkanes) is 6. The van der Waals surface area contributed by atoms with E-state index < -0.39 is 6.16 Å². The molecule has 18 heavy (non-hydrogen) atoms. The molecule has 0 radical (unpaired) electrons. The van der Waals surface area contributed by atoms with Crippen LogP contribution in [0.5, 0.6) is 0 Å². The van der Waals surface area contributed by atoms with Gasteiger partial charge < -0.3 is 9.84 Å². The molecule has 0 aliphatic carbocycles. The second-order valence-corrected chi connectivity index (χ2v) is 5.14. The van der Waals surface area contributed by atoms with Crippen LogP contribution >= 0.6 is 0 Å². The fourth-order valence-electron chi connectivity index (χ4n) is 2.22. The molecule has 0 bridgehead atoms. The molecule has 108 valence electrons. The Hall–Kier alpha value is -0.730. The number of hydrogen-bond donors (Lipinski definition) is 1. The fraction of sp³-hybridized carbons (Fsp3) is 0.933. The van der Waals surface area contributed by atoms with Crippen LogP contribution in [0.4, 0.5) is 4.79 Å². The average molecular weight is 258 g/mol. The SMILES string of the molecule is CCCCCCC(CCCCCC)COC(=O)O. The second-order valence-electron chi connectivity index (χ2n) is 5.14. The third kappa shape index (κ3) is 11.7. The minimum absolute atomic E-state index is 0.383. The van der Waals surface area contributed by atoms with Gasteiger partial charge in [0.25, 0.3) is 0 Å². The first kappa shape index (κ1) is 17.3. The molecule has 0 heterocycles. The molecule has 0 rings (SSSR count). The maximum atomic E-state index is 10.4. The van der Waals surface area contributed by atoms with Crippen molar-refractivity contribution < 1.29 is 14.6 Å². The Balaban J connectivity index is 3.73. The van der Waals surface area contributed by atoms with E-state index in [0.29, 0.717) is 12.5 Å². The number of carbonyl (C=O) groups is 1. The zero-order valence-electron chi connectivity index (χ0n) is 12.1. The third-order valence-corrected chi connectivity index (χ3v) is 3.37. The van der Waals surface area contributed by atoms with E-state index in [4.69, 9.17) is 9.84 Å². The largest absolute Gasteiger partial charge is 0.505 e. The quantitative estimate of drug-likeness (QED) is 0.385. The Morgan fingerprint density at radius 3 is 1.83 bits per heavy atom. The molecule has 3 heteroatoms. The molecular formula is C15H30O3. The van der Waals surface area contributed by atoms with E-state index in [0.717, 1.165) is 12.8 Å². The van der Waals surface area contributed by atoms with Gasteiger partial charge in [-0.15, -0.1) is 0 Å². The molecule has 0 amide bonds. The van der Waals surface area contributed by atoms with Crippen LogP contribution in [-0.4, -0.2) is 17.9 Å². The predicted octanol–water partition coefficient (Wildman–Crippen LogP) is 5.24. The van der Waals surface area contributed by atoms with Crippen molar-refractivity contribution in [3.8, 4) is 0 Å². The molecule has 0 saturated heterocycles. The lowest BCUT2D eigenvalue weighted by Crippen LogP contribution is -2.13. The van der Waals surface area contributed by atoms with Gasteiger partial charge in [-0.1, -0.05) is 65.2 Å². The molecule has 3 nitrogen and oxygen atoms in total. The molecule has 0 atom stereocenters. The van der Waals surface area contributed by atoms with Crippen LogP contribution in [0.3, 0.4) is 0 Å². The van der Waals surface area contributed by atoms with Gasteiger partial charge >= 0.3 is 6.16 Å². The van der Waals surface area contributed by atoms with Crippen molar-refractivity contribution in [3.63, 3.8) is 0 Å². The van der Waals surface area contributed by atoms with E-state index in [-0.39, 0.29) is 0 Å². The van der Waals surface area contributed by atoms with Crippen molar-refractivity contribution in [1.29, 1.82) is 0 Å². The van der Waals surface area contributed by atoms with E-state index in [2.05, 4.69) is 13.8 Å². The van der Waals surface area contributed by atoms with E-state index in [1.165, 1.54) is 51.4 Å². The summed E-state index contributed by atoms with van der Waals surface area (Å²) in [6.07, 6.45) is 11.1. The maximum Gasteiger partial charge on any atom is 0.505 e. The van der Waals surface area contributed by atoms with Crippen LogP contribution in [-0.2, 0) is 4.74 Å². The highest BCUT2D eigenvalue weighted by Crippen LogP contribution is 2.18. The van der Waals surface area contributed by atoms with E-state index in [1.54, 1.807) is 0 Å². The van der Waals surface area contributed by atoms with Gasteiger partial charge in [0.05, 0.1) is 6.61 Å². The molecule has 0 spiro atoms. The van der Waals surface area contributed by atoms with Gasteiger partial charge in [0.2, 0.25) is 0 Å². The summed E-state index contributed by atoms with van der Waals surface area (Å²) in [5.74, 6) is 0.426. The van der Waals surface area contributed by atoms with Crippen LogP contribution in [0.1, 0.15) is 78.1 Å². The Bertz CT molecular complexity index is 180. The first-order chi connectivity index (χ1) is 8.70. The number of rotatable bonds is 12. The van der Waals surface area contributed by atoms with Crippen LogP contribution in [0.25, 0.3) is 0 Å². The topological polar surface area (TPSA) is 46.5 Å². The highest BCUT2D eigenvalue weighted by Gasteiger charge is 2.11. The minimum atomic E-state index is -1.14. The Morgan fingerprint density at radius 1 is 0.944 bits per heavy atom. The number of carboxylic acid groups (broad SMARTS) is 1. The lowest BCUT2D eigenvalue weighted by Gasteiger charge is -2.15. The van der Waals surface area contributed by atoms with Gasteiger partial charge in [0.1, 0.15) is 0 Å². The molecule has 0 aromatic heterocycles. The number of hydrogen-bond acceptors (Lipinski definition) is 2. The third-order valence-electron chi connectivity index (χ3n) is 3.37. The number of ether oxygens (including phenoxy) is 1. The lowest BCUT2D eigenvalue weighted by atomic mass is 9.95. The van der Waals surface area contributed by atoms with Crippen molar-refractivity contribution in [2.45, 2.75) is 78.1 Å². The van der Waals surface area contributed by atoms with Crippen molar-refractivity contribution in [2.75, 3.05) is 6.61 Å². The summed E-state index contributed by atoms with van der Waals surface area (Å²) in [5.41, 5.74) is 0. The molecular weight excluding hydrogens is 228 g/mol. The van der Waals surface area contributed by atoms with Gasteiger partial charge in [-0.2, -0.15) is 0 Å². The molecule has 0 aliphatic heterocycles. The molecule has 1 N–H and O–H groups in total. The van der Waals surface area contributed by atoms with Crippen molar-refractivity contribution >= 4 is 6.16 Å². The average Bonchev–Trinajstić information content (AvgIpc) is 2.35. The second kappa shape index (κ2) is 12.7. The van der Waals surface area contributed by atoms with Gasteiger partial charge in [-0.05, 0) is 18.8 Å². The molecule has 0 saturated carbocycles. The van der Waals surface area contributed by atoms with Crippen LogP contribution in [0, 0.1) is 5.92 Å². The summed E-state index contributed by atoms with van der Waals surface area (Å²) in [6, 6.07) is 0. The van der Waals surface area contributed by atoms with E-state index in [1.807, 2.05) is 0 Å². The van der Waals surface area contributed by atoms with Gasteiger partial charge in [0, 0.05) is 0 Å². The van der Waals surface area contributed by atoms with E-state index in [9.17, 15) is 4.79 Å². The molecule has 0 unspecified atom stereocenters. The summed E-state index contributed by atoms with van der Waals surface area (Å²) < 4.78 is 4.73. The predicted molar refractivity (Wildman–Crippen MR) is 75.0 cm³/mol. The highest BCUT2D eigenvalue weighted by atomic mass is 16.7. The normalized spacial score (nSPS) is 10.8. The van der Waals surface area contributed by atoms with E-state index >= 15 is 0 Å². The summed E-state index contributed by atoms with van der Waals surface area (Å²) in [6.45, 7) is 4.79. The monoisotopic (exact) mass is 258 g/mol. The van der Waals surface area contributed by atoms with Crippen LogP contribution < -0.4 is 0 Å². The molecule has 0 aromatic rings. The highest BCUT2D eigenvalue weighted by molar-refractivity contribution is 5.56. The Kier molecular flexibility index (Phi) is 12.2. The maximum absolute atomic E-state index is 10.4. The summed E-state index contributed by atoms with van der Waals surface area (Å²) in [7, 11) is 0. The zero-order valence-corrected chi connectivity index (χ0v) is 12.1. The van der Waals surface area contributed by atoms with Crippen LogP contribution in [0.15, 0.2) is 0 Å². The van der Waals surface area contributed by atoms with Crippen molar-refractivity contribution in [3.05, 3.63) is 0 Å². The first-order valence-corrected chi connectivity index (χ1v) is 7.56. The van der Waals surface area contributed by atoms with Crippen LogP contribution in [0.2, 0.25) is 0 Å². The molecule has 0 aromatic carbocycles. The van der Waals surface area contributed by atoms with Gasteiger partial charge in [0.15, 0.2) is 0 Å². The Morgan fingerprint density at radius 2 is 1.44 bits per heavy atom.